The first-order valence-electron chi connectivity index (χ1n) is 6.53. The Morgan fingerprint density at radius 3 is 2.48 bits per heavy atom. The lowest BCUT2D eigenvalue weighted by molar-refractivity contribution is -0.121. The number of halogens is 2. The van der Waals surface area contributed by atoms with E-state index in [2.05, 4.69) is 21.2 Å². The molecule has 0 aliphatic heterocycles. The molecule has 0 atom stereocenters. The maximum Gasteiger partial charge on any atom is 0.220 e. The molecular formula is C16H15BrClNO2. The van der Waals surface area contributed by atoms with Crippen LogP contribution in [0.5, 0.6) is 5.75 Å². The van der Waals surface area contributed by atoms with Crippen LogP contribution in [0.2, 0.25) is 5.02 Å². The van der Waals surface area contributed by atoms with Gasteiger partial charge in [-0.1, -0.05) is 29.8 Å². The molecule has 0 bridgehead atoms. The van der Waals surface area contributed by atoms with Crippen LogP contribution in [0.15, 0.2) is 46.9 Å². The standard InChI is InChI=1S/C16H15BrClNO2/c17-14-9-11(3-7-15(14)20)4-8-16(21)19-10-12-1-5-13(18)6-2-12/h1-3,5-7,9,20H,4,8,10H2,(H,19,21). The maximum absolute atomic E-state index is 11.8. The number of rotatable bonds is 5. The Balaban J connectivity index is 1.79. The Bertz CT molecular complexity index is 629. The third-order valence-electron chi connectivity index (χ3n) is 3.06. The molecular weight excluding hydrogens is 354 g/mol. The first kappa shape index (κ1) is 15.9. The van der Waals surface area contributed by atoms with E-state index in [1.807, 2.05) is 24.3 Å². The SMILES string of the molecule is O=C(CCc1ccc(O)c(Br)c1)NCc1ccc(Cl)cc1. The molecule has 0 aliphatic carbocycles. The number of nitrogens with one attached hydrogen (secondary N) is 1. The molecule has 0 saturated heterocycles. The van der Waals surface area contributed by atoms with Crippen LogP contribution in [0.1, 0.15) is 17.5 Å². The van der Waals surface area contributed by atoms with Crippen LogP contribution in [0.25, 0.3) is 0 Å². The van der Waals surface area contributed by atoms with Crippen LogP contribution in [0.4, 0.5) is 0 Å². The molecule has 21 heavy (non-hydrogen) atoms. The Labute approximate surface area is 137 Å². The van der Waals surface area contributed by atoms with Gasteiger partial charge in [0.15, 0.2) is 0 Å². The molecule has 2 rings (SSSR count). The van der Waals surface area contributed by atoms with E-state index in [1.54, 1.807) is 18.2 Å². The smallest absolute Gasteiger partial charge is 0.220 e. The molecule has 3 nitrogen and oxygen atoms in total. The molecule has 0 heterocycles. The molecule has 1 amide bonds. The number of aryl methyl sites for hydroxylation is 1. The fourth-order valence-electron chi connectivity index (χ4n) is 1.86. The van der Waals surface area contributed by atoms with Gasteiger partial charge < -0.3 is 10.4 Å². The predicted octanol–water partition coefficient (Wildman–Crippen LogP) is 4.06. The van der Waals surface area contributed by atoms with Crippen LogP contribution in [0.3, 0.4) is 0 Å². The van der Waals surface area contributed by atoms with E-state index < -0.39 is 0 Å². The molecule has 110 valence electrons. The van der Waals surface area contributed by atoms with Gasteiger partial charge >= 0.3 is 0 Å². The van der Waals surface area contributed by atoms with Gasteiger partial charge in [0, 0.05) is 18.0 Å². The van der Waals surface area contributed by atoms with Crippen molar-refractivity contribution in [3.8, 4) is 5.75 Å². The fraction of sp³-hybridized carbons (Fsp3) is 0.188. The van der Waals surface area contributed by atoms with E-state index in [-0.39, 0.29) is 11.7 Å². The summed E-state index contributed by atoms with van der Waals surface area (Å²) >= 11 is 9.07. The number of phenolic OH excluding ortho intramolecular Hbond substituents is 1. The number of aromatic hydroxyl groups is 1. The topological polar surface area (TPSA) is 49.3 Å². The second-order valence-electron chi connectivity index (χ2n) is 4.69. The minimum atomic E-state index is -0.00542. The molecule has 5 heteroatoms. The lowest BCUT2D eigenvalue weighted by Gasteiger charge is -2.06. The maximum atomic E-state index is 11.8. The van der Waals surface area contributed by atoms with Crippen molar-refractivity contribution in [1.82, 2.24) is 5.32 Å². The first-order chi connectivity index (χ1) is 10.0. The van der Waals surface area contributed by atoms with Crippen molar-refractivity contribution in [1.29, 1.82) is 0 Å². The van der Waals surface area contributed by atoms with E-state index >= 15 is 0 Å². The number of carbonyl (C=O) groups is 1. The van der Waals surface area contributed by atoms with Crippen molar-refractivity contribution in [2.45, 2.75) is 19.4 Å². The molecule has 2 aromatic rings. The number of hydrogen-bond donors (Lipinski definition) is 2. The molecule has 0 radical (unpaired) electrons. The summed E-state index contributed by atoms with van der Waals surface area (Å²) in [5.74, 6) is 0.195. The largest absolute Gasteiger partial charge is 0.507 e. The van der Waals surface area contributed by atoms with Crippen LogP contribution in [-0.2, 0) is 17.8 Å². The number of benzene rings is 2. The number of amides is 1. The second kappa shape index (κ2) is 7.48. The molecule has 0 fully saturated rings. The molecule has 0 saturated carbocycles. The number of phenols is 1. The highest BCUT2D eigenvalue weighted by atomic mass is 79.9. The quantitative estimate of drug-likeness (QED) is 0.836. The van der Waals surface area contributed by atoms with Crippen molar-refractivity contribution in [2.24, 2.45) is 0 Å². The summed E-state index contributed by atoms with van der Waals surface area (Å²) in [6.45, 7) is 0.495. The van der Waals surface area contributed by atoms with Gasteiger partial charge in [0.25, 0.3) is 0 Å². The zero-order valence-electron chi connectivity index (χ0n) is 11.3. The van der Waals surface area contributed by atoms with Gasteiger partial charge in [0.1, 0.15) is 5.75 Å². The minimum Gasteiger partial charge on any atom is -0.507 e. The van der Waals surface area contributed by atoms with E-state index in [9.17, 15) is 9.90 Å². The molecule has 2 N–H and O–H groups in total. The third-order valence-corrected chi connectivity index (χ3v) is 3.94. The van der Waals surface area contributed by atoms with Gasteiger partial charge in [-0.15, -0.1) is 0 Å². The average molecular weight is 369 g/mol. The van der Waals surface area contributed by atoms with Crippen molar-refractivity contribution in [3.05, 3.63) is 63.1 Å². The Kier molecular flexibility index (Phi) is 5.65. The zero-order chi connectivity index (χ0) is 15.2. The van der Waals surface area contributed by atoms with Crippen LogP contribution < -0.4 is 5.32 Å². The Morgan fingerprint density at radius 1 is 1.14 bits per heavy atom. The Morgan fingerprint density at radius 2 is 1.81 bits per heavy atom. The van der Waals surface area contributed by atoms with Crippen molar-refractivity contribution < 1.29 is 9.90 Å². The van der Waals surface area contributed by atoms with Crippen LogP contribution in [0, 0.1) is 0 Å². The van der Waals surface area contributed by atoms with E-state index in [0.29, 0.717) is 28.9 Å². The number of hydrogen-bond acceptors (Lipinski definition) is 2. The lowest BCUT2D eigenvalue weighted by atomic mass is 10.1. The highest BCUT2D eigenvalue weighted by Crippen LogP contribution is 2.24. The van der Waals surface area contributed by atoms with Crippen LogP contribution in [-0.4, -0.2) is 11.0 Å². The average Bonchev–Trinajstić information content (AvgIpc) is 2.48. The van der Waals surface area contributed by atoms with Crippen molar-refractivity contribution in [2.75, 3.05) is 0 Å². The van der Waals surface area contributed by atoms with Crippen LogP contribution >= 0.6 is 27.5 Å². The third kappa shape index (κ3) is 5.06. The molecule has 0 spiro atoms. The van der Waals surface area contributed by atoms with Gasteiger partial charge in [-0.2, -0.15) is 0 Å². The van der Waals surface area contributed by atoms with E-state index in [4.69, 9.17) is 11.6 Å². The predicted molar refractivity (Wildman–Crippen MR) is 87.4 cm³/mol. The first-order valence-corrected chi connectivity index (χ1v) is 7.70. The van der Waals surface area contributed by atoms with Crippen molar-refractivity contribution >= 4 is 33.4 Å². The van der Waals surface area contributed by atoms with Crippen molar-refractivity contribution in [3.63, 3.8) is 0 Å². The highest BCUT2D eigenvalue weighted by Gasteiger charge is 2.04. The van der Waals surface area contributed by atoms with Gasteiger partial charge in [0.05, 0.1) is 4.47 Å². The summed E-state index contributed by atoms with van der Waals surface area (Å²) in [6, 6.07) is 12.6. The van der Waals surface area contributed by atoms with Gasteiger partial charge in [-0.05, 0) is 57.7 Å². The summed E-state index contributed by atoms with van der Waals surface area (Å²) in [6.07, 6.45) is 1.04. The summed E-state index contributed by atoms with van der Waals surface area (Å²) in [5.41, 5.74) is 2.02. The summed E-state index contributed by atoms with van der Waals surface area (Å²) in [5, 5.41) is 13.0. The molecule has 0 unspecified atom stereocenters. The minimum absolute atomic E-state index is 0.00542. The zero-order valence-corrected chi connectivity index (χ0v) is 13.6. The molecule has 2 aromatic carbocycles. The van der Waals surface area contributed by atoms with Gasteiger partial charge in [0.2, 0.25) is 5.91 Å². The monoisotopic (exact) mass is 367 g/mol. The van der Waals surface area contributed by atoms with Gasteiger partial charge in [-0.3, -0.25) is 4.79 Å². The second-order valence-corrected chi connectivity index (χ2v) is 5.98. The van der Waals surface area contributed by atoms with Gasteiger partial charge in [-0.25, -0.2) is 0 Å². The fourth-order valence-corrected chi connectivity index (χ4v) is 2.41. The summed E-state index contributed by atoms with van der Waals surface area (Å²) in [7, 11) is 0. The summed E-state index contributed by atoms with van der Waals surface area (Å²) in [4.78, 5) is 11.8. The lowest BCUT2D eigenvalue weighted by Crippen LogP contribution is -2.22. The normalized spacial score (nSPS) is 10.4. The number of carbonyl (C=O) groups excluding carboxylic acids is 1. The summed E-state index contributed by atoms with van der Waals surface area (Å²) < 4.78 is 0.640. The highest BCUT2D eigenvalue weighted by molar-refractivity contribution is 9.10. The Hall–Kier alpha value is -1.52. The van der Waals surface area contributed by atoms with E-state index in [0.717, 1.165) is 11.1 Å². The van der Waals surface area contributed by atoms with E-state index in [1.165, 1.54) is 0 Å². The molecule has 0 aromatic heterocycles. The molecule has 0 aliphatic rings.